The Hall–Kier alpha value is -2.60. The van der Waals surface area contributed by atoms with Crippen molar-refractivity contribution in [3.05, 3.63) is 58.4 Å². The summed E-state index contributed by atoms with van der Waals surface area (Å²) in [5.74, 6) is 0.829. The van der Waals surface area contributed by atoms with Crippen LogP contribution in [0.4, 0.5) is 0 Å². The van der Waals surface area contributed by atoms with Crippen LogP contribution in [0, 0.1) is 6.92 Å². The first kappa shape index (κ1) is 16.3. The van der Waals surface area contributed by atoms with E-state index in [0.29, 0.717) is 22.0 Å². The maximum Gasteiger partial charge on any atom is 0.212 e. The van der Waals surface area contributed by atoms with Crippen LogP contribution in [0.5, 0.6) is 11.5 Å². The highest BCUT2D eigenvalue weighted by Gasteiger charge is 2.18. The smallest absolute Gasteiger partial charge is 0.212 e. The third-order valence-corrected chi connectivity index (χ3v) is 5.06. The highest BCUT2D eigenvalue weighted by Crippen LogP contribution is 2.30. The maximum absolute atomic E-state index is 12.8. The van der Waals surface area contributed by atoms with Crippen LogP contribution in [-0.2, 0) is 10.8 Å². The topological polar surface area (TPSA) is 65.7 Å². The second-order valence-corrected chi connectivity index (χ2v) is 6.66. The van der Waals surface area contributed by atoms with E-state index in [-0.39, 0.29) is 15.7 Å². The molecule has 2 aromatic carbocycles. The average Bonchev–Trinajstić information content (AvgIpc) is 2.61. The number of ether oxygens (including phenoxy) is 2. The SMILES string of the molecule is COc1cc(OC)c2c(=O)c(S(=O)c3ccc(C)cc3)coc2c1. The molecule has 0 spiro atoms. The molecule has 0 bridgehead atoms. The summed E-state index contributed by atoms with van der Waals surface area (Å²) in [5.41, 5.74) is 0.991. The van der Waals surface area contributed by atoms with Crippen LogP contribution in [0.1, 0.15) is 5.56 Å². The van der Waals surface area contributed by atoms with E-state index in [1.165, 1.54) is 20.5 Å². The third kappa shape index (κ3) is 2.80. The fourth-order valence-electron chi connectivity index (χ4n) is 2.37. The van der Waals surface area contributed by atoms with E-state index in [9.17, 15) is 9.00 Å². The molecule has 0 aliphatic rings. The number of fused-ring (bicyclic) bond motifs is 1. The maximum atomic E-state index is 12.8. The van der Waals surface area contributed by atoms with E-state index >= 15 is 0 Å². The van der Waals surface area contributed by atoms with E-state index in [2.05, 4.69) is 0 Å². The van der Waals surface area contributed by atoms with Crippen molar-refractivity contribution in [3.63, 3.8) is 0 Å². The molecule has 6 heteroatoms. The van der Waals surface area contributed by atoms with Crippen molar-refractivity contribution in [1.29, 1.82) is 0 Å². The number of hydrogen-bond acceptors (Lipinski definition) is 5. The predicted molar refractivity (Wildman–Crippen MR) is 91.4 cm³/mol. The fraction of sp³-hybridized carbons (Fsp3) is 0.167. The highest BCUT2D eigenvalue weighted by molar-refractivity contribution is 7.85. The zero-order valence-corrected chi connectivity index (χ0v) is 14.3. The predicted octanol–water partition coefficient (Wildman–Crippen LogP) is 3.29. The van der Waals surface area contributed by atoms with Gasteiger partial charge in [0.2, 0.25) is 5.43 Å². The Morgan fingerprint density at radius 1 is 1.04 bits per heavy atom. The summed E-state index contributed by atoms with van der Waals surface area (Å²) in [4.78, 5) is 13.4. The lowest BCUT2D eigenvalue weighted by Crippen LogP contribution is -2.11. The van der Waals surface area contributed by atoms with Gasteiger partial charge in [-0.3, -0.25) is 4.79 Å². The summed E-state index contributed by atoms with van der Waals surface area (Å²) in [6.45, 7) is 1.94. The second kappa shape index (κ2) is 6.49. The minimum absolute atomic E-state index is 0.0785. The molecule has 0 aliphatic heterocycles. The lowest BCUT2D eigenvalue weighted by atomic mass is 10.2. The molecule has 124 valence electrons. The average molecular weight is 344 g/mol. The molecular weight excluding hydrogens is 328 g/mol. The molecule has 0 N–H and O–H groups in total. The van der Waals surface area contributed by atoms with E-state index in [0.717, 1.165) is 5.56 Å². The summed E-state index contributed by atoms with van der Waals surface area (Å²) in [6, 6.07) is 10.4. The first-order valence-electron chi connectivity index (χ1n) is 7.21. The van der Waals surface area contributed by atoms with Crippen molar-refractivity contribution in [2.45, 2.75) is 16.7 Å². The molecule has 1 heterocycles. The van der Waals surface area contributed by atoms with Crippen molar-refractivity contribution >= 4 is 21.8 Å². The van der Waals surface area contributed by atoms with Gasteiger partial charge < -0.3 is 13.9 Å². The molecule has 1 unspecified atom stereocenters. The molecule has 0 fully saturated rings. The van der Waals surface area contributed by atoms with E-state index in [1.54, 1.807) is 24.3 Å². The number of methoxy groups -OCH3 is 2. The minimum Gasteiger partial charge on any atom is -0.496 e. The molecule has 5 nitrogen and oxygen atoms in total. The van der Waals surface area contributed by atoms with Gasteiger partial charge in [0, 0.05) is 17.0 Å². The van der Waals surface area contributed by atoms with E-state index in [4.69, 9.17) is 13.9 Å². The summed E-state index contributed by atoms with van der Waals surface area (Å²) in [5, 5.41) is 0.247. The summed E-state index contributed by atoms with van der Waals surface area (Å²) >= 11 is 0. The molecule has 3 aromatic rings. The Morgan fingerprint density at radius 2 is 1.75 bits per heavy atom. The molecule has 0 amide bonds. The van der Waals surface area contributed by atoms with Crippen molar-refractivity contribution < 1.29 is 18.1 Å². The Bertz CT molecular complexity index is 973. The first-order valence-corrected chi connectivity index (χ1v) is 8.36. The quantitative estimate of drug-likeness (QED) is 0.727. The molecule has 3 rings (SSSR count). The summed E-state index contributed by atoms with van der Waals surface area (Å²) in [7, 11) is 1.34. The Balaban J connectivity index is 2.20. The first-order chi connectivity index (χ1) is 11.5. The molecule has 0 saturated carbocycles. The second-order valence-electron chi connectivity index (χ2n) is 5.21. The van der Waals surface area contributed by atoms with E-state index in [1.807, 2.05) is 19.1 Å². The number of aryl methyl sites for hydroxylation is 1. The fourth-order valence-corrected chi connectivity index (χ4v) is 3.42. The Morgan fingerprint density at radius 3 is 2.38 bits per heavy atom. The third-order valence-electron chi connectivity index (χ3n) is 3.67. The van der Waals surface area contributed by atoms with Gasteiger partial charge in [0.05, 0.1) is 25.0 Å². The lowest BCUT2D eigenvalue weighted by molar-refractivity contribution is 0.396. The number of benzene rings is 2. The minimum atomic E-state index is -1.63. The van der Waals surface area contributed by atoms with Crippen LogP contribution in [0.15, 0.2) is 61.7 Å². The Kier molecular flexibility index (Phi) is 4.40. The van der Waals surface area contributed by atoms with Crippen molar-refractivity contribution in [2.24, 2.45) is 0 Å². The van der Waals surface area contributed by atoms with Gasteiger partial charge in [-0.2, -0.15) is 0 Å². The summed E-state index contributed by atoms with van der Waals surface area (Å²) in [6.07, 6.45) is 1.24. The molecule has 1 atom stereocenters. The Labute approximate surface area is 141 Å². The lowest BCUT2D eigenvalue weighted by Gasteiger charge is -2.09. The largest absolute Gasteiger partial charge is 0.496 e. The van der Waals surface area contributed by atoms with Gasteiger partial charge >= 0.3 is 0 Å². The van der Waals surface area contributed by atoms with Gasteiger partial charge in [-0.1, -0.05) is 17.7 Å². The van der Waals surface area contributed by atoms with Crippen LogP contribution >= 0.6 is 0 Å². The molecule has 0 saturated heterocycles. The van der Waals surface area contributed by atoms with Crippen molar-refractivity contribution in [3.8, 4) is 11.5 Å². The number of hydrogen-bond donors (Lipinski definition) is 0. The van der Waals surface area contributed by atoms with Crippen molar-refractivity contribution in [2.75, 3.05) is 14.2 Å². The van der Waals surface area contributed by atoms with Crippen LogP contribution in [0.2, 0.25) is 0 Å². The standard InChI is InChI=1S/C18H16O5S/c1-11-4-6-13(7-5-11)24(20)16-10-23-15-9-12(21-2)8-14(22-3)17(15)18(16)19/h4-10H,1-3H3. The van der Waals surface area contributed by atoms with Gasteiger partial charge in [-0.15, -0.1) is 0 Å². The summed E-state index contributed by atoms with van der Waals surface area (Å²) < 4.78 is 28.7. The van der Waals surface area contributed by atoms with Gasteiger partial charge in [0.25, 0.3) is 0 Å². The molecule has 1 aromatic heterocycles. The van der Waals surface area contributed by atoms with Gasteiger partial charge in [0.15, 0.2) is 0 Å². The van der Waals surface area contributed by atoms with E-state index < -0.39 is 10.8 Å². The normalized spacial score (nSPS) is 12.1. The van der Waals surface area contributed by atoms with Gasteiger partial charge in [0.1, 0.15) is 33.6 Å². The van der Waals surface area contributed by atoms with Crippen LogP contribution in [0.3, 0.4) is 0 Å². The monoisotopic (exact) mass is 344 g/mol. The molecule has 0 radical (unpaired) electrons. The molecular formula is C18H16O5S. The zero-order chi connectivity index (χ0) is 17.3. The van der Waals surface area contributed by atoms with Crippen LogP contribution in [0.25, 0.3) is 11.0 Å². The van der Waals surface area contributed by atoms with Crippen LogP contribution in [-0.4, -0.2) is 18.4 Å². The van der Waals surface area contributed by atoms with Crippen LogP contribution < -0.4 is 14.9 Å². The highest BCUT2D eigenvalue weighted by atomic mass is 32.2. The van der Waals surface area contributed by atoms with Gasteiger partial charge in [-0.25, -0.2) is 4.21 Å². The molecule has 0 aliphatic carbocycles. The molecule has 24 heavy (non-hydrogen) atoms. The van der Waals surface area contributed by atoms with Crippen molar-refractivity contribution in [1.82, 2.24) is 0 Å². The number of rotatable bonds is 4. The van der Waals surface area contributed by atoms with Gasteiger partial charge in [-0.05, 0) is 19.1 Å². The zero-order valence-electron chi connectivity index (χ0n) is 13.5.